The van der Waals surface area contributed by atoms with Gasteiger partial charge in [-0.2, -0.15) is 0 Å². The third kappa shape index (κ3) is 4.01. The second kappa shape index (κ2) is 8.50. The van der Waals surface area contributed by atoms with Gasteiger partial charge in [0.05, 0.1) is 6.04 Å². The van der Waals surface area contributed by atoms with E-state index in [0.717, 1.165) is 35.2 Å². The second-order valence-corrected chi connectivity index (χ2v) is 8.73. The standard InChI is InChI=1S/C23H28N2O2S/c1-16-9-10-18-17(2)22(27-20(18)14-16)23(26)24-15-19(21-8-7-13-28-21)25-11-5-3-4-6-12-25/h7-10,13-14,19H,3-6,11-12,15H2,1-2H3,(H,24,26). The van der Waals surface area contributed by atoms with E-state index in [1.165, 1.54) is 30.6 Å². The van der Waals surface area contributed by atoms with Crippen LogP contribution in [0.2, 0.25) is 0 Å². The number of fused-ring (bicyclic) bond motifs is 1. The van der Waals surface area contributed by atoms with Crippen molar-refractivity contribution < 1.29 is 9.21 Å². The van der Waals surface area contributed by atoms with Crippen molar-refractivity contribution in [1.29, 1.82) is 0 Å². The number of furan rings is 1. The number of thiophene rings is 1. The van der Waals surface area contributed by atoms with E-state index < -0.39 is 0 Å². The molecular weight excluding hydrogens is 368 g/mol. The first-order valence-corrected chi connectivity index (χ1v) is 11.1. The Labute approximate surface area is 170 Å². The predicted molar refractivity (Wildman–Crippen MR) is 115 cm³/mol. The number of nitrogens with zero attached hydrogens (tertiary/aromatic N) is 1. The van der Waals surface area contributed by atoms with Gasteiger partial charge in [0.1, 0.15) is 5.58 Å². The van der Waals surface area contributed by atoms with E-state index >= 15 is 0 Å². The molecule has 1 saturated heterocycles. The first-order valence-electron chi connectivity index (χ1n) is 10.2. The number of hydrogen-bond donors (Lipinski definition) is 1. The topological polar surface area (TPSA) is 45.5 Å². The molecule has 1 N–H and O–H groups in total. The van der Waals surface area contributed by atoms with E-state index in [4.69, 9.17) is 4.42 Å². The first-order chi connectivity index (χ1) is 13.6. The van der Waals surface area contributed by atoms with Gasteiger partial charge in [-0.05, 0) is 62.9 Å². The first kappa shape index (κ1) is 19.2. The highest BCUT2D eigenvalue weighted by Crippen LogP contribution is 2.29. The van der Waals surface area contributed by atoms with Crippen LogP contribution in [0.3, 0.4) is 0 Å². The van der Waals surface area contributed by atoms with E-state index in [1.807, 2.05) is 26.0 Å². The number of likely N-dealkylation sites (tertiary alicyclic amines) is 1. The summed E-state index contributed by atoms with van der Waals surface area (Å²) in [5.74, 6) is 0.309. The SMILES string of the molecule is Cc1ccc2c(C)c(C(=O)NCC(c3cccs3)N3CCCCCC3)oc2c1. The molecule has 0 bridgehead atoms. The molecule has 1 atom stereocenters. The monoisotopic (exact) mass is 396 g/mol. The molecule has 28 heavy (non-hydrogen) atoms. The van der Waals surface area contributed by atoms with Crippen molar-refractivity contribution >= 4 is 28.2 Å². The number of hydrogen-bond acceptors (Lipinski definition) is 4. The van der Waals surface area contributed by atoms with Gasteiger partial charge in [-0.3, -0.25) is 9.69 Å². The maximum atomic E-state index is 12.9. The molecule has 148 valence electrons. The highest BCUT2D eigenvalue weighted by Gasteiger charge is 2.24. The van der Waals surface area contributed by atoms with Gasteiger partial charge in [-0.25, -0.2) is 0 Å². The molecule has 1 amide bonds. The van der Waals surface area contributed by atoms with Crippen LogP contribution in [0.25, 0.3) is 11.0 Å². The maximum Gasteiger partial charge on any atom is 0.287 e. The number of benzene rings is 1. The van der Waals surface area contributed by atoms with E-state index in [2.05, 4.69) is 33.8 Å². The lowest BCUT2D eigenvalue weighted by Gasteiger charge is -2.30. The highest BCUT2D eigenvalue weighted by molar-refractivity contribution is 7.10. The fourth-order valence-electron chi connectivity index (χ4n) is 4.12. The van der Waals surface area contributed by atoms with Crippen molar-refractivity contribution in [3.8, 4) is 0 Å². The number of amides is 1. The Kier molecular flexibility index (Phi) is 5.83. The van der Waals surface area contributed by atoms with Gasteiger partial charge in [0, 0.05) is 22.4 Å². The largest absolute Gasteiger partial charge is 0.451 e. The molecule has 3 aromatic rings. The molecule has 1 aliphatic heterocycles. The van der Waals surface area contributed by atoms with Gasteiger partial charge in [-0.1, -0.05) is 31.0 Å². The summed E-state index contributed by atoms with van der Waals surface area (Å²) in [6, 6.07) is 10.6. The van der Waals surface area contributed by atoms with Crippen LogP contribution in [0, 0.1) is 13.8 Å². The van der Waals surface area contributed by atoms with Crippen LogP contribution in [0.5, 0.6) is 0 Å². The molecule has 2 aromatic heterocycles. The van der Waals surface area contributed by atoms with E-state index in [-0.39, 0.29) is 11.9 Å². The van der Waals surface area contributed by atoms with Crippen molar-refractivity contribution in [2.45, 2.75) is 45.6 Å². The summed E-state index contributed by atoms with van der Waals surface area (Å²) < 4.78 is 5.91. The summed E-state index contributed by atoms with van der Waals surface area (Å²) in [4.78, 5) is 16.8. The third-order valence-electron chi connectivity index (χ3n) is 5.71. The van der Waals surface area contributed by atoms with Gasteiger partial charge >= 0.3 is 0 Å². The lowest BCUT2D eigenvalue weighted by molar-refractivity contribution is 0.0907. The van der Waals surface area contributed by atoms with Crippen LogP contribution < -0.4 is 5.32 Å². The predicted octanol–water partition coefficient (Wildman–Crippen LogP) is 5.46. The third-order valence-corrected chi connectivity index (χ3v) is 6.68. The quantitative estimate of drug-likeness (QED) is 0.623. The van der Waals surface area contributed by atoms with Crippen LogP contribution in [-0.4, -0.2) is 30.4 Å². The molecule has 1 aliphatic rings. The second-order valence-electron chi connectivity index (χ2n) is 7.75. The summed E-state index contributed by atoms with van der Waals surface area (Å²) in [5.41, 5.74) is 2.83. The zero-order valence-electron chi connectivity index (χ0n) is 16.7. The number of carbonyl (C=O) groups excluding carboxylic acids is 1. The summed E-state index contributed by atoms with van der Waals surface area (Å²) in [6.45, 7) is 6.79. The fraction of sp³-hybridized carbons (Fsp3) is 0.435. The summed E-state index contributed by atoms with van der Waals surface area (Å²) in [5, 5.41) is 6.28. The minimum atomic E-state index is -0.122. The maximum absolute atomic E-state index is 12.9. The fourth-order valence-corrected chi connectivity index (χ4v) is 4.98. The molecule has 3 heterocycles. The average Bonchev–Trinajstić information content (AvgIpc) is 3.23. The number of aryl methyl sites for hydroxylation is 2. The molecule has 0 aliphatic carbocycles. The van der Waals surface area contributed by atoms with Gasteiger partial charge in [-0.15, -0.1) is 11.3 Å². The molecule has 4 rings (SSSR count). The van der Waals surface area contributed by atoms with Crippen LogP contribution in [0.1, 0.15) is 58.3 Å². The smallest absolute Gasteiger partial charge is 0.287 e. The lowest BCUT2D eigenvalue weighted by atomic mass is 10.1. The average molecular weight is 397 g/mol. The molecule has 1 fully saturated rings. The van der Waals surface area contributed by atoms with Crippen molar-refractivity contribution in [3.05, 3.63) is 57.5 Å². The summed E-state index contributed by atoms with van der Waals surface area (Å²) >= 11 is 1.77. The van der Waals surface area contributed by atoms with Crippen molar-refractivity contribution in [2.75, 3.05) is 19.6 Å². The normalized spacial score (nSPS) is 16.8. The van der Waals surface area contributed by atoms with Crippen LogP contribution in [-0.2, 0) is 0 Å². The van der Waals surface area contributed by atoms with Crippen molar-refractivity contribution in [1.82, 2.24) is 10.2 Å². The molecule has 4 nitrogen and oxygen atoms in total. The lowest BCUT2D eigenvalue weighted by Crippen LogP contribution is -2.38. The number of rotatable bonds is 5. The van der Waals surface area contributed by atoms with Gasteiger partial charge in [0.25, 0.3) is 5.91 Å². The van der Waals surface area contributed by atoms with E-state index in [9.17, 15) is 4.79 Å². The Balaban J connectivity index is 1.52. The van der Waals surface area contributed by atoms with E-state index in [1.54, 1.807) is 11.3 Å². The Morgan fingerprint density at radius 2 is 1.96 bits per heavy atom. The molecular formula is C23H28N2O2S. The van der Waals surface area contributed by atoms with Crippen LogP contribution >= 0.6 is 11.3 Å². The van der Waals surface area contributed by atoms with E-state index in [0.29, 0.717) is 12.3 Å². The van der Waals surface area contributed by atoms with Gasteiger partial charge in [0.15, 0.2) is 5.76 Å². The Bertz CT molecular complexity index is 937. The number of carbonyl (C=O) groups is 1. The van der Waals surface area contributed by atoms with Gasteiger partial charge < -0.3 is 9.73 Å². The molecule has 0 spiro atoms. The zero-order chi connectivity index (χ0) is 19.5. The minimum Gasteiger partial charge on any atom is -0.451 e. The zero-order valence-corrected chi connectivity index (χ0v) is 17.5. The Hall–Kier alpha value is -2.11. The molecule has 1 aromatic carbocycles. The van der Waals surface area contributed by atoms with Crippen molar-refractivity contribution in [3.63, 3.8) is 0 Å². The van der Waals surface area contributed by atoms with Gasteiger partial charge in [0.2, 0.25) is 0 Å². The van der Waals surface area contributed by atoms with Crippen molar-refractivity contribution in [2.24, 2.45) is 0 Å². The number of nitrogens with one attached hydrogen (secondary N) is 1. The molecule has 0 radical (unpaired) electrons. The van der Waals surface area contributed by atoms with Crippen LogP contribution in [0.15, 0.2) is 40.1 Å². The molecule has 1 unspecified atom stereocenters. The summed E-state index contributed by atoms with van der Waals surface area (Å²) in [7, 11) is 0. The summed E-state index contributed by atoms with van der Waals surface area (Å²) in [6.07, 6.45) is 5.07. The van der Waals surface area contributed by atoms with Crippen LogP contribution in [0.4, 0.5) is 0 Å². The minimum absolute atomic E-state index is 0.122. The highest BCUT2D eigenvalue weighted by atomic mass is 32.1. The molecule has 5 heteroatoms. The Morgan fingerprint density at radius 3 is 2.68 bits per heavy atom. The molecule has 0 saturated carbocycles. The Morgan fingerprint density at radius 1 is 1.18 bits per heavy atom.